The molecule has 5 heteroatoms. The highest BCUT2D eigenvalue weighted by Gasteiger charge is 2.18. The lowest BCUT2D eigenvalue weighted by molar-refractivity contribution is 1.08. The predicted octanol–water partition coefficient (Wildman–Crippen LogP) is 3.33. The molecule has 0 fully saturated rings. The van der Waals surface area contributed by atoms with E-state index in [0.29, 0.717) is 11.6 Å². The summed E-state index contributed by atoms with van der Waals surface area (Å²) < 4.78 is 0. The topological polar surface area (TPSA) is 64.7 Å². The van der Waals surface area contributed by atoms with Crippen LogP contribution in [-0.2, 0) is 11.5 Å². The summed E-state index contributed by atoms with van der Waals surface area (Å²) in [6.45, 7) is 2.00. The third kappa shape index (κ3) is 2.14. The molecule has 0 atom stereocenters. The molecule has 0 spiro atoms. The van der Waals surface area contributed by atoms with Gasteiger partial charge in [0, 0.05) is 33.7 Å². The van der Waals surface area contributed by atoms with E-state index in [-0.39, 0.29) is 0 Å². The Morgan fingerprint density at radius 2 is 1.95 bits per heavy atom. The highest BCUT2D eigenvalue weighted by atomic mass is 32.2. The zero-order chi connectivity index (χ0) is 14.4. The second-order valence-electron chi connectivity index (χ2n) is 5.21. The fraction of sp³-hybridized carbons (Fsp3) is 0.188. The molecule has 0 amide bonds. The Hall–Kier alpha value is -2.14. The number of anilines is 1. The molecule has 4 nitrogen and oxygen atoms in total. The van der Waals surface area contributed by atoms with Crippen molar-refractivity contribution in [1.29, 1.82) is 0 Å². The van der Waals surface area contributed by atoms with Gasteiger partial charge >= 0.3 is 0 Å². The molecule has 0 bridgehead atoms. The fourth-order valence-electron chi connectivity index (χ4n) is 2.57. The van der Waals surface area contributed by atoms with Gasteiger partial charge < -0.3 is 5.73 Å². The summed E-state index contributed by atoms with van der Waals surface area (Å²) in [6.07, 6.45) is 0. The van der Waals surface area contributed by atoms with Crippen molar-refractivity contribution in [3.63, 3.8) is 0 Å². The van der Waals surface area contributed by atoms with Gasteiger partial charge in [0.25, 0.3) is 0 Å². The lowest BCUT2D eigenvalue weighted by atomic mass is 10.1. The minimum absolute atomic E-state index is 0.613. The molecule has 3 aromatic rings. The first kappa shape index (κ1) is 12.6. The summed E-state index contributed by atoms with van der Waals surface area (Å²) in [7, 11) is 0. The molecule has 2 N–H and O–H groups in total. The Kier molecular flexibility index (Phi) is 2.82. The van der Waals surface area contributed by atoms with Crippen LogP contribution < -0.4 is 5.73 Å². The summed E-state index contributed by atoms with van der Waals surface area (Å²) in [6, 6.07) is 10.2. The quantitative estimate of drug-likeness (QED) is 0.745. The molecule has 0 aliphatic carbocycles. The standard InChI is InChI=1S/C16H14N4S/c1-9-2-3-10-6-11(4-5-13(10)18-9)16-19-14-8-21-7-12(14)15(17)20-16/h2-6H,7-8H2,1H3,(H2,17,19,20). The smallest absolute Gasteiger partial charge is 0.161 e. The van der Waals surface area contributed by atoms with Crippen molar-refractivity contribution < 1.29 is 0 Å². The average molecular weight is 294 g/mol. The molecule has 21 heavy (non-hydrogen) atoms. The molecule has 0 saturated carbocycles. The number of rotatable bonds is 1. The molecular formula is C16H14N4S. The van der Waals surface area contributed by atoms with Crippen LogP contribution >= 0.6 is 11.8 Å². The van der Waals surface area contributed by atoms with Crippen molar-refractivity contribution in [3.8, 4) is 11.4 Å². The zero-order valence-corrected chi connectivity index (χ0v) is 12.4. The first-order chi connectivity index (χ1) is 10.2. The summed E-state index contributed by atoms with van der Waals surface area (Å²) >= 11 is 1.83. The largest absolute Gasteiger partial charge is 0.383 e. The number of nitrogens with two attached hydrogens (primary N) is 1. The second kappa shape index (κ2) is 4.70. The number of aryl methyl sites for hydroxylation is 1. The highest BCUT2D eigenvalue weighted by molar-refractivity contribution is 7.98. The van der Waals surface area contributed by atoms with Crippen molar-refractivity contribution in [2.24, 2.45) is 0 Å². The fourth-order valence-corrected chi connectivity index (χ4v) is 3.62. The van der Waals surface area contributed by atoms with Gasteiger partial charge in [-0.1, -0.05) is 6.07 Å². The molecule has 1 aliphatic heterocycles. The minimum atomic E-state index is 0.613. The van der Waals surface area contributed by atoms with Crippen molar-refractivity contribution >= 4 is 28.5 Å². The summed E-state index contributed by atoms with van der Waals surface area (Å²) in [5.74, 6) is 3.16. The number of nitrogen functional groups attached to an aromatic ring is 1. The number of hydrogen-bond donors (Lipinski definition) is 1. The van der Waals surface area contributed by atoms with Crippen molar-refractivity contribution in [3.05, 3.63) is 47.3 Å². The Balaban J connectivity index is 1.86. The van der Waals surface area contributed by atoms with Crippen molar-refractivity contribution in [1.82, 2.24) is 15.0 Å². The van der Waals surface area contributed by atoms with Crippen LogP contribution in [0.2, 0.25) is 0 Å². The van der Waals surface area contributed by atoms with E-state index in [1.807, 2.05) is 36.9 Å². The lowest BCUT2D eigenvalue weighted by Crippen LogP contribution is -2.02. The van der Waals surface area contributed by atoms with Gasteiger partial charge in [0.15, 0.2) is 5.82 Å². The number of hydrogen-bond acceptors (Lipinski definition) is 5. The molecule has 1 aromatic carbocycles. The number of aromatic nitrogens is 3. The molecule has 0 radical (unpaired) electrons. The van der Waals surface area contributed by atoms with Crippen LogP contribution in [0.3, 0.4) is 0 Å². The van der Waals surface area contributed by atoms with E-state index in [0.717, 1.165) is 44.9 Å². The highest BCUT2D eigenvalue weighted by Crippen LogP contribution is 2.33. The van der Waals surface area contributed by atoms with Crippen LogP contribution in [0, 0.1) is 6.92 Å². The first-order valence-corrected chi connectivity index (χ1v) is 7.97. The van der Waals surface area contributed by atoms with Crippen LogP contribution in [-0.4, -0.2) is 15.0 Å². The van der Waals surface area contributed by atoms with Crippen LogP contribution in [0.4, 0.5) is 5.82 Å². The van der Waals surface area contributed by atoms with Crippen molar-refractivity contribution in [2.75, 3.05) is 5.73 Å². The van der Waals surface area contributed by atoms with E-state index >= 15 is 0 Å². The number of thioether (sulfide) groups is 1. The number of fused-ring (bicyclic) bond motifs is 2. The molecular weight excluding hydrogens is 280 g/mol. The van der Waals surface area contributed by atoms with Gasteiger partial charge in [-0.25, -0.2) is 9.97 Å². The van der Waals surface area contributed by atoms with Gasteiger partial charge in [-0.3, -0.25) is 4.98 Å². The Labute approximate surface area is 126 Å². The molecule has 3 heterocycles. The Morgan fingerprint density at radius 3 is 2.86 bits per heavy atom. The zero-order valence-electron chi connectivity index (χ0n) is 11.6. The molecule has 4 rings (SSSR count). The van der Waals surface area contributed by atoms with Gasteiger partial charge in [0.05, 0.1) is 11.2 Å². The predicted molar refractivity (Wildman–Crippen MR) is 86.9 cm³/mol. The van der Waals surface area contributed by atoms with Crippen LogP contribution in [0.5, 0.6) is 0 Å². The number of pyridine rings is 1. The Bertz CT molecular complexity index is 860. The van der Waals surface area contributed by atoms with Crippen LogP contribution in [0.1, 0.15) is 17.0 Å². The first-order valence-electron chi connectivity index (χ1n) is 6.81. The molecule has 104 valence electrons. The van der Waals surface area contributed by atoms with Gasteiger partial charge in [-0.15, -0.1) is 0 Å². The summed E-state index contributed by atoms with van der Waals surface area (Å²) in [5.41, 5.74) is 11.2. The summed E-state index contributed by atoms with van der Waals surface area (Å²) in [5, 5.41) is 1.09. The SMILES string of the molecule is Cc1ccc2cc(-c3nc(N)c4c(n3)CSC4)ccc2n1. The maximum atomic E-state index is 6.07. The van der Waals surface area contributed by atoms with Crippen LogP contribution in [0.25, 0.3) is 22.3 Å². The average Bonchev–Trinajstić information content (AvgIpc) is 2.95. The Morgan fingerprint density at radius 1 is 1.05 bits per heavy atom. The van der Waals surface area contributed by atoms with Crippen molar-refractivity contribution in [2.45, 2.75) is 18.4 Å². The van der Waals surface area contributed by atoms with Gasteiger partial charge in [0.1, 0.15) is 5.82 Å². The third-order valence-corrected chi connectivity index (χ3v) is 4.67. The van der Waals surface area contributed by atoms with Gasteiger partial charge in [-0.2, -0.15) is 11.8 Å². The molecule has 0 unspecified atom stereocenters. The lowest BCUT2D eigenvalue weighted by Gasteiger charge is -2.07. The van der Waals surface area contributed by atoms with E-state index < -0.39 is 0 Å². The molecule has 0 saturated heterocycles. The van der Waals surface area contributed by atoms with Crippen LogP contribution in [0.15, 0.2) is 30.3 Å². The third-order valence-electron chi connectivity index (χ3n) is 3.70. The molecule has 2 aromatic heterocycles. The maximum Gasteiger partial charge on any atom is 0.161 e. The maximum absolute atomic E-state index is 6.07. The van der Waals surface area contributed by atoms with E-state index in [2.05, 4.69) is 27.1 Å². The number of benzene rings is 1. The molecule has 1 aliphatic rings. The van der Waals surface area contributed by atoms with E-state index in [1.165, 1.54) is 0 Å². The summed E-state index contributed by atoms with van der Waals surface area (Å²) in [4.78, 5) is 13.7. The van der Waals surface area contributed by atoms with E-state index in [9.17, 15) is 0 Å². The van der Waals surface area contributed by atoms with E-state index in [4.69, 9.17) is 5.73 Å². The van der Waals surface area contributed by atoms with E-state index in [1.54, 1.807) is 0 Å². The van der Waals surface area contributed by atoms with Gasteiger partial charge in [-0.05, 0) is 31.2 Å². The second-order valence-corrected chi connectivity index (χ2v) is 6.20. The van der Waals surface area contributed by atoms with Gasteiger partial charge in [0.2, 0.25) is 0 Å². The normalized spacial score (nSPS) is 13.6. The minimum Gasteiger partial charge on any atom is -0.383 e. The number of nitrogens with zero attached hydrogens (tertiary/aromatic N) is 3. The monoisotopic (exact) mass is 294 g/mol.